The third-order valence-corrected chi connectivity index (χ3v) is 6.09. The van der Waals surface area contributed by atoms with Crippen LogP contribution in [0.5, 0.6) is 5.75 Å². The lowest BCUT2D eigenvalue weighted by molar-refractivity contribution is -0.118. The van der Waals surface area contributed by atoms with Crippen molar-refractivity contribution in [3.05, 3.63) is 54.6 Å². The third kappa shape index (κ3) is 5.67. The number of methoxy groups -OCH3 is 1. The molecule has 168 valence electrons. The van der Waals surface area contributed by atoms with Crippen LogP contribution in [0.3, 0.4) is 0 Å². The normalized spacial score (nSPS) is 14.3. The van der Waals surface area contributed by atoms with Gasteiger partial charge in [0.15, 0.2) is 11.0 Å². The van der Waals surface area contributed by atoms with Crippen LogP contribution in [0.15, 0.2) is 59.8 Å². The molecular weight excluding hydrogens is 426 g/mol. The van der Waals surface area contributed by atoms with Crippen LogP contribution in [-0.4, -0.2) is 77.8 Å². The minimum absolute atomic E-state index is 0.0196. The number of carbonyl (C=O) groups excluding carboxylic acids is 1. The predicted molar refractivity (Wildman–Crippen MR) is 124 cm³/mol. The highest BCUT2D eigenvalue weighted by Crippen LogP contribution is 2.29. The summed E-state index contributed by atoms with van der Waals surface area (Å²) in [6.07, 6.45) is 0. The number of ether oxygens (including phenoxy) is 2. The maximum absolute atomic E-state index is 12.4. The van der Waals surface area contributed by atoms with Crippen molar-refractivity contribution in [3.63, 3.8) is 0 Å². The molecule has 2 aromatic carbocycles. The number of aromatic nitrogens is 3. The minimum atomic E-state index is -0.0196. The number of nitrogens with one attached hydrogen (secondary N) is 1. The van der Waals surface area contributed by atoms with Gasteiger partial charge in [0.05, 0.1) is 26.1 Å². The molecule has 1 saturated heterocycles. The first-order valence-electron chi connectivity index (χ1n) is 10.6. The van der Waals surface area contributed by atoms with Gasteiger partial charge < -0.3 is 14.8 Å². The zero-order chi connectivity index (χ0) is 22.2. The Kier molecular flexibility index (Phi) is 7.76. The summed E-state index contributed by atoms with van der Waals surface area (Å²) in [5, 5.41) is 12.5. The average Bonchev–Trinajstić information content (AvgIpc) is 3.28. The second kappa shape index (κ2) is 11.1. The summed E-state index contributed by atoms with van der Waals surface area (Å²) in [6, 6.07) is 17.6. The summed E-state index contributed by atoms with van der Waals surface area (Å²) in [7, 11) is 1.64. The number of hydrogen-bond donors (Lipinski definition) is 1. The number of nitrogens with zero attached hydrogens (tertiary/aromatic N) is 4. The van der Waals surface area contributed by atoms with Gasteiger partial charge in [0.1, 0.15) is 5.75 Å². The van der Waals surface area contributed by atoms with E-state index in [2.05, 4.69) is 20.4 Å². The van der Waals surface area contributed by atoms with E-state index in [9.17, 15) is 4.79 Å². The van der Waals surface area contributed by atoms with E-state index in [1.807, 2.05) is 59.2 Å². The number of morpholine rings is 1. The van der Waals surface area contributed by atoms with Gasteiger partial charge in [-0.15, -0.1) is 10.2 Å². The van der Waals surface area contributed by atoms with E-state index < -0.39 is 0 Å². The number of hydrogen-bond acceptors (Lipinski definition) is 7. The highest BCUT2D eigenvalue weighted by molar-refractivity contribution is 7.99. The topological polar surface area (TPSA) is 81.5 Å². The van der Waals surface area contributed by atoms with Crippen LogP contribution >= 0.6 is 11.8 Å². The van der Waals surface area contributed by atoms with Gasteiger partial charge in [-0.1, -0.05) is 42.1 Å². The number of benzene rings is 2. The molecule has 32 heavy (non-hydrogen) atoms. The first-order chi connectivity index (χ1) is 15.7. The number of amides is 1. The molecule has 1 aliphatic rings. The van der Waals surface area contributed by atoms with Crippen molar-refractivity contribution < 1.29 is 14.3 Å². The number of rotatable bonds is 9. The van der Waals surface area contributed by atoms with Crippen LogP contribution in [0.4, 0.5) is 0 Å². The van der Waals surface area contributed by atoms with Gasteiger partial charge in [-0.25, -0.2) is 0 Å². The molecule has 0 aliphatic carbocycles. The van der Waals surface area contributed by atoms with E-state index in [0.717, 1.165) is 49.8 Å². The summed E-state index contributed by atoms with van der Waals surface area (Å²) in [4.78, 5) is 14.7. The Morgan fingerprint density at radius 3 is 2.72 bits per heavy atom. The van der Waals surface area contributed by atoms with Crippen LogP contribution in [0.1, 0.15) is 0 Å². The molecule has 1 N–H and O–H groups in total. The summed E-state index contributed by atoms with van der Waals surface area (Å²) in [5.74, 6) is 1.70. The van der Waals surface area contributed by atoms with Crippen molar-refractivity contribution >= 4 is 17.7 Å². The van der Waals surface area contributed by atoms with Crippen molar-refractivity contribution in [2.45, 2.75) is 5.16 Å². The monoisotopic (exact) mass is 453 g/mol. The standard InChI is InChI=1S/C23H27N5O3S/c1-30-20-9-5-6-18(16-20)22-25-26-23(28(22)19-7-3-2-4-8-19)32-17-21(29)24-10-11-27-12-14-31-15-13-27/h2-9,16H,10-15,17H2,1H3,(H,24,29). The molecule has 1 fully saturated rings. The first-order valence-corrected chi connectivity index (χ1v) is 11.6. The number of para-hydroxylation sites is 1. The van der Waals surface area contributed by atoms with Crippen molar-refractivity contribution in [1.29, 1.82) is 0 Å². The molecule has 1 amide bonds. The van der Waals surface area contributed by atoms with Crippen molar-refractivity contribution in [2.24, 2.45) is 0 Å². The minimum Gasteiger partial charge on any atom is -0.497 e. The molecule has 0 bridgehead atoms. The molecule has 9 heteroatoms. The zero-order valence-electron chi connectivity index (χ0n) is 18.1. The number of thioether (sulfide) groups is 1. The Hall–Kier alpha value is -2.88. The SMILES string of the molecule is COc1cccc(-c2nnc(SCC(=O)NCCN3CCOCC3)n2-c2ccccc2)c1. The van der Waals surface area contributed by atoms with E-state index >= 15 is 0 Å². The Morgan fingerprint density at radius 2 is 1.94 bits per heavy atom. The quantitative estimate of drug-likeness (QED) is 0.499. The van der Waals surface area contributed by atoms with E-state index in [1.165, 1.54) is 11.8 Å². The van der Waals surface area contributed by atoms with E-state index in [0.29, 0.717) is 17.5 Å². The molecule has 1 aromatic heterocycles. The first kappa shape index (κ1) is 22.3. The molecule has 0 atom stereocenters. The van der Waals surface area contributed by atoms with Crippen LogP contribution in [0.25, 0.3) is 17.1 Å². The van der Waals surface area contributed by atoms with Gasteiger partial charge in [0.2, 0.25) is 5.91 Å². The molecule has 0 radical (unpaired) electrons. The summed E-state index contributed by atoms with van der Waals surface area (Å²) < 4.78 is 12.7. The maximum Gasteiger partial charge on any atom is 0.230 e. The summed E-state index contributed by atoms with van der Waals surface area (Å²) in [6.45, 7) is 4.80. The molecule has 4 rings (SSSR count). The lowest BCUT2D eigenvalue weighted by Gasteiger charge is -2.26. The highest BCUT2D eigenvalue weighted by Gasteiger charge is 2.18. The van der Waals surface area contributed by atoms with Crippen LogP contribution in [0, 0.1) is 0 Å². The molecule has 0 saturated carbocycles. The predicted octanol–water partition coefficient (Wildman–Crippen LogP) is 2.48. The highest BCUT2D eigenvalue weighted by atomic mass is 32.2. The van der Waals surface area contributed by atoms with E-state index in [1.54, 1.807) is 7.11 Å². The Morgan fingerprint density at radius 1 is 1.12 bits per heavy atom. The fourth-order valence-corrected chi connectivity index (χ4v) is 4.26. The molecule has 8 nitrogen and oxygen atoms in total. The van der Waals surface area contributed by atoms with Gasteiger partial charge in [-0.05, 0) is 24.3 Å². The van der Waals surface area contributed by atoms with Gasteiger partial charge in [-0.2, -0.15) is 0 Å². The Labute approximate surface area is 191 Å². The van der Waals surface area contributed by atoms with Crippen molar-refractivity contribution in [3.8, 4) is 22.8 Å². The third-order valence-electron chi connectivity index (χ3n) is 5.16. The summed E-state index contributed by atoms with van der Waals surface area (Å²) >= 11 is 1.37. The van der Waals surface area contributed by atoms with Gasteiger partial charge in [-0.3, -0.25) is 14.3 Å². The van der Waals surface area contributed by atoms with Gasteiger partial charge in [0.25, 0.3) is 0 Å². The molecule has 0 spiro atoms. The molecular formula is C23H27N5O3S. The Balaban J connectivity index is 1.45. The smallest absolute Gasteiger partial charge is 0.230 e. The second-order valence-electron chi connectivity index (χ2n) is 7.30. The number of carbonyl (C=O) groups is 1. The fraction of sp³-hybridized carbons (Fsp3) is 0.348. The lowest BCUT2D eigenvalue weighted by atomic mass is 10.2. The van der Waals surface area contributed by atoms with Crippen molar-refractivity contribution in [1.82, 2.24) is 25.0 Å². The maximum atomic E-state index is 12.4. The lowest BCUT2D eigenvalue weighted by Crippen LogP contribution is -2.41. The molecule has 0 unspecified atom stereocenters. The van der Waals surface area contributed by atoms with Gasteiger partial charge in [0, 0.05) is 37.4 Å². The Bertz CT molecular complexity index is 1020. The average molecular weight is 454 g/mol. The van der Waals surface area contributed by atoms with Crippen molar-refractivity contribution in [2.75, 3.05) is 52.3 Å². The van der Waals surface area contributed by atoms with Gasteiger partial charge >= 0.3 is 0 Å². The summed E-state index contributed by atoms with van der Waals surface area (Å²) in [5.41, 5.74) is 1.83. The van der Waals surface area contributed by atoms with Crippen LogP contribution in [0.2, 0.25) is 0 Å². The van der Waals surface area contributed by atoms with E-state index in [4.69, 9.17) is 9.47 Å². The second-order valence-corrected chi connectivity index (χ2v) is 8.24. The molecule has 3 aromatic rings. The van der Waals surface area contributed by atoms with Crippen LogP contribution < -0.4 is 10.1 Å². The molecule has 2 heterocycles. The van der Waals surface area contributed by atoms with Crippen LogP contribution in [-0.2, 0) is 9.53 Å². The molecule has 1 aliphatic heterocycles. The van der Waals surface area contributed by atoms with E-state index in [-0.39, 0.29) is 11.7 Å². The zero-order valence-corrected chi connectivity index (χ0v) is 18.9. The largest absolute Gasteiger partial charge is 0.497 e. The fourth-order valence-electron chi connectivity index (χ4n) is 3.48.